The quantitative estimate of drug-likeness (QED) is 0.621. The third-order valence-electron chi connectivity index (χ3n) is 5.44. The first-order valence-corrected chi connectivity index (χ1v) is 11.8. The second-order valence-corrected chi connectivity index (χ2v) is 12.9. The molecule has 0 atom stereocenters. The van der Waals surface area contributed by atoms with Crippen LogP contribution < -0.4 is 9.33 Å². The maximum Gasteiger partial charge on any atom is 0.250 e. The van der Waals surface area contributed by atoms with E-state index in [1.807, 2.05) is 0 Å². The van der Waals surface area contributed by atoms with Crippen LogP contribution in [0.4, 0.5) is 11.4 Å². The van der Waals surface area contributed by atoms with Gasteiger partial charge in [0, 0.05) is 12.2 Å². The van der Waals surface area contributed by atoms with Gasteiger partial charge in [-0.15, -0.1) is 0 Å². The zero-order valence-corrected chi connectivity index (χ0v) is 16.6. The summed E-state index contributed by atoms with van der Waals surface area (Å²) in [5.41, 5.74) is 3.97. The molecular formula is C21H29NOSi. The number of fused-ring (bicyclic) bond motifs is 1. The Labute approximate surface area is 147 Å². The zero-order valence-electron chi connectivity index (χ0n) is 15.6. The predicted molar refractivity (Wildman–Crippen MR) is 106 cm³/mol. The van der Waals surface area contributed by atoms with Gasteiger partial charge >= 0.3 is 0 Å². The van der Waals surface area contributed by atoms with Crippen LogP contribution in [0.15, 0.2) is 48.5 Å². The molecule has 24 heavy (non-hydrogen) atoms. The van der Waals surface area contributed by atoms with Crippen LogP contribution in [-0.2, 0) is 6.42 Å². The summed E-state index contributed by atoms with van der Waals surface area (Å²) in [4.78, 5) is 2.43. The minimum absolute atomic E-state index is 0.194. The number of hydrogen-bond donors (Lipinski definition) is 0. The van der Waals surface area contributed by atoms with Crippen LogP contribution in [0.5, 0.6) is 5.75 Å². The Bertz CT molecular complexity index is 718. The summed E-state index contributed by atoms with van der Waals surface area (Å²) in [6.07, 6.45) is 2.35. The number of benzene rings is 2. The van der Waals surface area contributed by atoms with Crippen molar-refractivity contribution in [1.29, 1.82) is 0 Å². The minimum Gasteiger partial charge on any atom is -0.542 e. The van der Waals surface area contributed by atoms with Crippen LogP contribution in [0.3, 0.4) is 0 Å². The van der Waals surface area contributed by atoms with Gasteiger partial charge in [0.15, 0.2) is 0 Å². The fraction of sp³-hybridized carbons (Fsp3) is 0.429. The van der Waals surface area contributed by atoms with Crippen molar-refractivity contribution in [3.05, 3.63) is 54.1 Å². The number of nitrogens with zero attached hydrogens (tertiary/aromatic N) is 1. The van der Waals surface area contributed by atoms with E-state index in [0.717, 1.165) is 18.7 Å². The van der Waals surface area contributed by atoms with Gasteiger partial charge in [-0.05, 0) is 54.7 Å². The Hall–Kier alpha value is -1.74. The van der Waals surface area contributed by atoms with E-state index in [0.29, 0.717) is 0 Å². The molecule has 0 radical (unpaired) electrons. The van der Waals surface area contributed by atoms with E-state index in [1.54, 1.807) is 0 Å². The molecule has 1 aliphatic rings. The van der Waals surface area contributed by atoms with Gasteiger partial charge in [0.2, 0.25) is 0 Å². The van der Waals surface area contributed by atoms with Crippen molar-refractivity contribution >= 4 is 19.7 Å². The standard InChI is InChI=1S/C21H29NOSi/c1-21(2,3)24(4,5)23-20-15-9-8-14-19(20)22-16-10-12-17-11-6-7-13-18(17)22/h6-9,11,13-15H,10,12,16H2,1-5H3. The van der Waals surface area contributed by atoms with E-state index in [2.05, 4.69) is 87.3 Å². The van der Waals surface area contributed by atoms with Gasteiger partial charge in [0.05, 0.1) is 5.69 Å². The maximum atomic E-state index is 6.66. The fourth-order valence-corrected chi connectivity index (χ4v) is 4.01. The van der Waals surface area contributed by atoms with Crippen molar-refractivity contribution in [2.24, 2.45) is 0 Å². The Morgan fingerprint density at radius 2 is 1.54 bits per heavy atom. The predicted octanol–water partition coefficient (Wildman–Crippen LogP) is 6.15. The fourth-order valence-electron chi connectivity index (χ4n) is 2.98. The lowest BCUT2D eigenvalue weighted by atomic mass is 10.0. The molecular weight excluding hydrogens is 310 g/mol. The number of hydrogen-bond acceptors (Lipinski definition) is 2. The molecule has 2 aromatic rings. The lowest BCUT2D eigenvalue weighted by Gasteiger charge is -2.39. The van der Waals surface area contributed by atoms with Crippen LogP contribution >= 0.6 is 0 Å². The molecule has 0 amide bonds. The van der Waals surface area contributed by atoms with E-state index in [1.165, 1.54) is 23.4 Å². The van der Waals surface area contributed by atoms with Crippen molar-refractivity contribution in [1.82, 2.24) is 0 Å². The van der Waals surface area contributed by atoms with E-state index < -0.39 is 8.32 Å². The highest BCUT2D eigenvalue weighted by Gasteiger charge is 2.39. The van der Waals surface area contributed by atoms with Crippen LogP contribution in [-0.4, -0.2) is 14.9 Å². The first-order chi connectivity index (χ1) is 11.3. The molecule has 0 unspecified atom stereocenters. The van der Waals surface area contributed by atoms with Crippen molar-refractivity contribution < 1.29 is 4.43 Å². The summed E-state index contributed by atoms with van der Waals surface area (Å²) in [5, 5.41) is 0.194. The lowest BCUT2D eigenvalue weighted by molar-refractivity contribution is 0.492. The molecule has 0 bridgehead atoms. The van der Waals surface area contributed by atoms with E-state index in [-0.39, 0.29) is 5.04 Å². The average molecular weight is 340 g/mol. The maximum absolute atomic E-state index is 6.66. The summed E-state index contributed by atoms with van der Waals surface area (Å²) >= 11 is 0. The first-order valence-electron chi connectivity index (χ1n) is 8.93. The van der Waals surface area contributed by atoms with Gasteiger partial charge in [-0.1, -0.05) is 51.1 Å². The minimum atomic E-state index is -1.86. The Morgan fingerprint density at radius 1 is 0.917 bits per heavy atom. The van der Waals surface area contributed by atoms with Gasteiger partial charge in [0.25, 0.3) is 8.32 Å². The molecule has 0 saturated carbocycles. The Balaban J connectivity index is 2.00. The molecule has 0 aliphatic carbocycles. The SMILES string of the molecule is CC(C)(C)[Si](C)(C)Oc1ccccc1N1CCCc2ccccc21. The number of aryl methyl sites for hydroxylation is 1. The second-order valence-electron chi connectivity index (χ2n) is 8.21. The topological polar surface area (TPSA) is 12.5 Å². The van der Waals surface area contributed by atoms with Gasteiger partial charge < -0.3 is 9.33 Å². The molecule has 3 rings (SSSR count). The molecule has 0 aromatic heterocycles. The molecule has 1 aliphatic heterocycles. The normalized spacial score (nSPS) is 15.1. The van der Waals surface area contributed by atoms with Gasteiger partial charge in [-0.3, -0.25) is 0 Å². The Kier molecular flexibility index (Phi) is 4.48. The molecule has 0 spiro atoms. The number of anilines is 2. The smallest absolute Gasteiger partial charge is 0.250 e. The summed E-state index contributed by atoms with van der Waals surface area (Å²) in [6.45, 7) is 12.5. The largest absolute Gasteiger partial charge is 0.542 e. The molecule has 3 heteroatoms. The summed E-state index contributed by atoms with van der Waals surface area (Å²) in [7, 11) is -1.86. The van der Waals surface area contributed by atoms with E-state index in [4.69, 9.17) is 4.43 Å². The number of rotatable bonds is 3. The van der Waals surface area contributed by atoms with Crippen molar-refractivity contribution in [3.8, 4) is 5.75 Å². The number of para-hydroxylation sites is 3. The molecule has 0 fully saturated rings. The highest BCUT2D eigenvalue weighted by atomic mass is 28.4. The monoisotopic (exact) mass is 339 g/mol. The zero-order chi connectivity index (χ0) is 17.4. The van der Waals surface area contributed by atoms with Crippen LogP contribution in [0.25, 0.3) is 0 Å². The highest BCUT2D eigenvalue weighted by Crippen LogP contribution is 2.43. The lowest BCUT2D eigenvalue weighted by Crippen LogP contribution is -2.44. The Morgan fingerprint density at radius 3 is 2.25 bits per heavy atom. The van der Waals surface area contributed by atoms with Gasteiger partial charge in [-0.25, -0.2) is 0 Å². The van der Waals surface area contributed by atoms with E-state index in [9.17, 15) is 0 Å². The van der Waals surface area contributed by atoms with Gasteiger partial charge in [-0.2, -0.15) is 0 Å². The van der Waals surface area contributed by atoms with Crippen LogP contribution in [0.1, 0.15) is 32.8 Å². The molecule has 1 heterocycles. The molecule has 0 saturated heterocycles. The van der Waals surface area contributed by atoms with Crippen LogP contribution in [0, 0.1) is 0 Å². The van der Waals surface area contributed by atoms with Crippen molar-refractivity contribution in [2.45, 2.75) is 51.7 Å². The second kappa shape index (κ2) is 6.28. The van der Waals surface area contributed by atoms with Crippen molar-refractivity contribution in [3.63, 3.8) is 0 Å². The summed E-state index contributed by atoms with van der Waals surface area (Å²) in [5.74, 6) is 1.03. The van der Waals surface area contributed by atoms with E-state index >= 15 is 0 Å². The average Bonchev–Trinajstić information content (AvgIpc) is 2.53. The first kappa shape index (κ1) is 17.1. The molecule has 2 nitrogen and oxygen atoms in total. The molecule has 128 valence electrons. The van der Waals surface area contributed by atoms with Crippen LogP contribution in [0.2, 0.25) is 18.1 Å². The molecule has 0 N–H and O–H groups in total. The third-order valence-corrected chi connectivity index (χ3v) is 9.78. The summed E-state index contributed by atoms with van der Waals surface area (Å²) < 4.78 is 6.66. The highest BCUT2D eigenvalue weighted by molar-refractivity contribution is 6.74. The molecule has 2 aromatic carbocycles. The third kappa shape index (κ3) is 3.23. The summed E-state index contributed by atoms with van der Waals surface area (Å²) in [6, 6.07) is 17.3. The van der Waals surface area contributed by atoms with Gasteiger partial charge in [0.1, 0.15) is 5.75 Å². The van der Waals surface area contributed by atoms with Crippen molar-refractivity contribution in [2.75, 3.05) is 11.4 Å².